The number of aryl methyl sites for hydroxylation is 1. The lowest BCUT2D eigenvalue weighted by molar-refractivity contribution is 0.0707. The van der Waals surface area contributed by atoms with Crippen molar-refractivity contribution in [2.75, 3.05) is 19.6 Å². The number of likely N-dealkylation sites (tertiary alicyclic amines) is 1. The Morgan fingerprint density at radius 2 is 2.16 bits per heavy atom. The molecule has 1 amide bonds. The van der Waals surface area contributed by atoms with Crippen LogP contribution in [0.1, 0.15) is 33.2 Å². The molecule has 0 spiro atoms. The van der Waals surface area contributed by atoms with Crippen molar-refractivity contribution >= 4 is 5.91 Å². The summed E-state index contributed by atoms with van der Waals surface area (Å²) in [6.45, 7) is 4.68. The third-order valence-electron chi connectivity index (χ3n) is 5.56. The van der Waals surface area contributed by atoms with Gasteiger partial charge in [0.2, 0.25) is 0 Å². The van der Waals surface area contributed by atoms with Gasteiger partial charge >= 0.3 is 0 Å². The van der Waals surface area contributed by atoms with E-state index >= 15 is 0 Å². The van der Waals surface area contributed by atoms with Gasteiger partial charge in [0.1, 0.15) is 5.69 Å². The smallest absolute Gasteiger partial charge is 0.272 e. The summed E-state index contributed by atoms with van der Waals surface area (Å²) in [4.78, 5) is 19.4. The molecule has 130 valence electrons. The third-order valence-corrected chi connectivity index (χ3v) is 5.56. The van der Waals surface area contributed by atoms with E-state index in [0.717, 1.165) is 19.6 Å². The van der Waals surface area contributed by atoms with Gasteiger partial charge in [-0.15, -0.1) is 0 Å². The lowest BCUT2D eigenvalue weighted by Crippen LogP contribution is -2.35. The van der Waals surface area contributed by atoms with Crippen LogP contribution in [0.4, 0.5) is 0 Å². The Labute approximate surface area is 147 Å². The zero-order chi connectivity index (χ0) is 17.4. The lowest BCUT2D eigenvalue weighted by Gasteiger charge is -2.29. The molecule has 5 heteroatoms. The van der Waals surface area contributed by atoms with E-state index in [0.29, 0.717) is 23.1 Å². The van der Waals surface area contributed by atoms with E-state index in [1.54, 1.807) is 18.3 Å². The number of nitrogens with zero attached hydrogens (tertiary/aromatic N) is 2. The number of carbonyl (C=O) groups is 1. The van der Waals surface area contributed by atoms with Crippen LogP contribution in [0.25, 0.3) is 0 Å². The lowest BCUT2D eigenvalue weighted by atomic mass is 9.87. The van der Waals surface area contributed by atoms with E-state index in [1.165, 1.54) is 11.1 Å². The summed E-state index contributed by atoms with van der Waals surface area (Å²) >= 11 is 0. The number of aliphatic hydroxyl groups excluding tert-OH is 1. The van der Waals surface area contributed by atoms with Crippen LogP contribution < -0.4 is 5.32 Å². The predicted octanol–water partition coefficient (Wildman–Crippen LogP) is 1.92. The normalized spacial score (nSPS) is 25.2. The molecule has 3 heterocycles. The summed E-state index contributed by atoms with van der Waals surface area (Å²) in [5, 5.41) is 12.8. The summed E-state index contributed by atoms with van der Waals surface area (Å²) in [6.07, 6.45) is 1.60. The zero-order valence-electron chi connectivity index (χ0n) is 14.4. The van der Waals surface area contributed by atoms with Gasteiger partial charge in [0.05, 0.1) is 12.6 Å². The van der Waals surface area contributed by atoms with Crippen molar-refractivity contribution in [3.63, 3.8) is 0 Å². The highest BCUT2D eigenvalue weighted by molar-refractivity contribution is 5.93. The van der Waals surface area contributed by atoms with E-state index in [4.69, 9.17) is 0 Å². The fourth-order valence-corrected chi connectivity index (χ4v) is 4.28. The molecule has 5 nitrogen and oxygen atoms in total. The fourth-order valence-electron chi connectivity index (χ4n) is 4.28. The van der Waals surface area contributed by atoms with Crippen LogP contribution in [-0.2, 0) is 6.61 Å². The van der Waals surface area contributed by atoms with Gasteiger partial charge in [-0.3, -0.25) is 9.78 Å². The number of pyridine rings is 1. The number of fused-ring (bicyclic) bond motifs is 1. The molecule has 2 aliphatic rings. The Bertz CT molecular complexity index is 792. The summed E-state index contributed by atoms with van der Waals surface area (Å²) in [6, 6.07) is 11.8. The van der Waals surface area contributed by atoms with Crippen molar-refractivity contribution in [3.05, 3.63) is 65.0 Å². The van der Waals surface area contributed by atoms with Gasteiger partial charge in [0.25, 0.3) is 5.91 Å². The molecular weight excluding hydrogens is 314 g/mol. The molecule has 1 aromatic heterocycles. The van der Waals surface area contributed by atoms with Gasteiger partial charge in [0.15, 0.2) is 0 Å². The second kappa shape index (κ2) is 6.58. The molecule has 0 aliphatic carbocycles. The minimum atomic E-state index is -0.0841. The van der Waals surface area contributed by atoms with E-state index < -0.39 is 0 Å². The number of aromatic nitrogens is 1. The largest absolute Gasteiger partial charge is 0.392 e. The average Bonchev–Trinajstić information content (AvgIpc) is 3.23. The first-order chi connectivity index (χ1) is 12.2. The van der Waals surface area contributed by atoms with Crippen LogP contribution in [0.2, 0.25) is 0 Å². The SMILES string of the molecule is Cc1ccccc1[C@H]1[C@H]2CNC[C@H]2CN1C(=O)c1cc(CO)ccn1. The van der Waals surface area contributed by atoms with Crippen LogP contribution in [0.5, 0.6) is 0 Å². The molecule has 4 rings (SSSR count). The number of benzene rings is 1. The maximum atomic E-state index is 13.2. The number of amides is 1. The van der Waals surface area contributed by atoms with Crippen LogP contribution >= 0.6 is 0 Å². The monoisotopic (exact) mass is 337 g/mol. The van der Waals surface area contributed by atoms with Gasteiger partial charge in [0, 0.05) is 31.7 Å². The highest BCUT2D eigenvalue weighted by atomic mass is 16.3. The van der Waals surface area contributed by atoms with Crippen LogP contribution in [0.3, 0.4) is 0 Å². The summed E-state index contributed by atoms with van der Waals surface area (Å²) in [5.74, 6) is 0.874. The van der Waals surface area contributed by atoms with Crippen LogP contribution in [0, 0.1) is 18.8 Å². The molecule has 2 saturated heterocycles. The van der Waals surface area contributed by atoms with Crippen molar-refractivity contribution < 1.29 is 9.90 Å². The van der Waals surface area contributed by atoms with Crippen molar-refractivity contribution in [1.29, 1.82) is 0 Å². The fraction of sp³-hybridized carbons (Fsp3) is 0.400. The highest BCUT2D eigenvalue weighted by Gasteiger charge is 2.47. The number of hydrogen-bond acceptors (Lipinski definition) is 4. The molecule has 0 radical (unpaired) electrons. The standard InChI is InChI=1S/C20H23N3O2/c1-13-4-2-3-5-16(13)19-17-10-21-9-15(17)11-23(19)20(25)18-8-14(12-24)6-7-22-18/h2-8,15,17,19,21,24H,9-12H2,1H3/t15-,17-,19-/m0/s1. The summed E-state index contributed by atoms with van der Waals surface area (Å²) < 4.78 is 0. The molecule has 0 saturated carbocycles. The van der Waals surface area contributed by atoms with Crippen LogP contribution in [-0.4, -0.2) is 40.5 Å². The number of carbonyl (C=O) groups excluding carboxylic acids is 1. The Kier molecular flexibility index (Phi) is 4.27. The first-order valence-electron chi connectivity index (χ1n) is 8.82. The Balaban J connectivity index is 1.71. The van der Waals surface area contributed by atoms with Gasteiger partial charge < -0.3 is 15.3 Å². The number of hydrogen-bond donors (Lipinski definition) is 2. The Hall–Kier alpha value is -2.24. The number of aliphatic hydroxyl groups is 1. The average molecular weight is 337 g/mol. The Morgan fingerprint density at radius 1 is 1.32 bits per heavy atom. The molecule has 2 aromatic rings. The minimum absolute atomic E-state index is 0.0436. The number of rotatable bonds is 3. The molecule has 2 aliphatic heterocycles. The maximum absolute atomic E-state index is 13.2. The number of nitrogens with one attached hydrogen (secondary N) is 1. The first-order valence-corrected chi connectivity index (χ1v) is 8.82. The van der Waals surface area contributed by atoms with Crippen molar-refractivity contribution in [3.8, 4) is 0 Å². The summed E-state index contributed by atoms with van der Waals surface area (Å²) in [7, 11) is 0. The Morgan fingerprint density at radius 3 is 2.96 bits per heavy atom. The maximum Gasteiger partial charge on any atom is 0.272 e. The second-order valence-corrected chi connectivity index (χ2v) is 7.05. The van der Waals surface area contributed by atoms with Crippen LogP contribution in [0.15, 0.2) is 42.6 Å². The van der Waals surface area contributed by atoms with Crippen molar-refractivity contribution in [2.24, 2.45) is 11.8 Å². The molecular formula is C20H23N3O2. The third kappa shape index (κ3) is 2.83. The van der Waals surface area contributed by atoms with E-state index in [-0.39, 0.29) is 18.6 Å². The zero-order valence-corrected chi connectivity index (χ0v) is 14.4. The second-order valence-electron chi connectivity index (χ2n) is 7.05. The topological polar surface area (TPSA) is 65.5 Å². The molecule has 2 fully saturated rings. The quantitative estimate of drug-likeness (QED) is 0.898. The first kappa shape index (κ1) is 16.2. The van der Waals surface area contributed by atoms with Gasteiger partial charge in [-0.1, -0.05) is 24.3 Å². The molecule has 2 N–H and O–H groups in total. The molecule has 3 atom stereocenters. The molecule has 25 heavy (non-hydrogen) atoms. The highest BCUT2D eigenvalue weighted by Crippen LogP contribution is 2.44. The summed E-state index contributed by atoms with van der Waals surface area (Å²) in [5.41, 5.74) is 3.57. The predicted molar refractivity (Wildman–Crippen MR) is 95.0 cm³/mol. The van der Waals surface area contributed by atoms with Gasteiger partial charge in [-0.25, -0.2) is 0 Å². The minimum Gasteiger partial charge on any atom is -0.392 e. The van der Waals surface area contributed by atoms with E-state index in [1.807, 2.05) is 17.0 Å². The van der Waals surface area contributed by atoms with Gasteiger partial charge in [-0.2, -0.15) is 0 Å². The van der Waals surface area contributed by atoms with E-state index in [9.17, 15) is 9.90 Å². The van der Waals surface area contributed by atoms with E-state index in [2.05, 4.69) is 29.4 Å². The van der Waals surface area contributed by atoms with Gasteiger partial charge in [-0.05, 0) is 41.7 Å². The molecule has 1 aromatic carbocycles. The molecule has 0 bridgehead atoms. The van der Waals surface area contributed by atoms with Crippen molar-refractivity contribution in [1.82, 2.24) is 15.2 Å². The van der Waals surface area contributed by atoms with Crippen molar-refractivity contribution in [2.45, 2.75) is 19.6 Å². The molecule has 0 unspecified atom stereocenters.